The molecule has 0 saturated heterocycles. The van der Waals surface area contributed by atoms with Gasteiger partial charge < -0.3 is 10.4 Å². The van der Waals surface area contributed by atoms with Gasteiger partial charge in [0.05, 0.1) is 6.10 Å². The Bertz CT molecular complexity index is 710. The summed E-state index contributed by atoms with van der Waals surface area (Å²) < 4.78 is 0. The highest BCUT2D eigenvalue weighted by molar-refractivity contribution is 5.38. The standard InChI is InChI=1S/C18H20N4O/c19-10-16-6-3-7-18(21-16)20-11-17(23)13-22-9-8-14-4-1-2-5-15(14)12-22/h1-7,17,23H,8-9,11-13H2,(H,20,21). The van der Waals surface area contributed by atoms with Crippen molar-refractivity contribution >= 4 is 5.82 Å². The van der Waals surface area contributed by atoms with Crippen LogP contribution in [0.25, 0.3) is 0 Å². The number of aliphatic hydroxyl groups is 1. The van der Waals surface area contributed by atoms with Crippen molar-refractivity contribution in [2.24, 2.45) is 0 Å². The lowest BCUT2D eigenvalue weighted by Crippen LogP contribution is -2.39. The second kappa shape index (κ2) is 7.23. The third-order valence-corrected chi connectivity index (χ3v) is 4.06. The number of fused-ring (bicyclic) bond motifs is 1. The number of rotatable bonds is 5. The van der Waals surface area contributed by atoms with Crippen LogP contribution in [0.1, 0.15) is 16.8 Å². The van der Waals surface area contributed by atoms with E-state index in [0.29, 0.717) is 24.6 Å². The van der Waals surface area contributed by atoms with Crippen molar-refractivity contribution in [3.8, 4) is 6.07 Å². The van der Waals surface area contributed by atoms with E-state index in [-0.39, 0.29) is 0 Å². The minimum absolute atomic E-state index is 0.372. The fraction of sp³-hybridized carbons (Fsp3) is 0.333. The molecule has 0 aliphatic carbocycles. The maximum atomic E-state index is 10.2. The minimum Gasteiger partial charge on any atom is -0.390 e. The summed E-state index contributed by atoms with van der Waals surface area (Å²) in [4.78, 5) is 6.41. The van der Waals surface area contributed by atoms with Crippen molar-refractivity contribution in [3.05, 3.63) is 59.3 Å². The van der Waals surface area contributed by atoms with Crippen molar-refractivity contribution < 1.29 is 5.11 Å². The van der Waals surface area contributed by atoms with Gasteiger partial charge in [-0.05, 0) is 29.7 Å². The summed E-state index contributed by atoms with van der Waals surface area (Å²) in [6.07, 6.45) is 0.551. The molecule has 1 aliphatic rings. The second-order valence-electron chi connectivity index (χ2n) is 5.81. The van der Waals surface area contributed by atoms with Crippen LogP contribution in [0, 0.1) is 11.3 Å². The van der Waals surface area contributed by atoms with Crippen LogP contribution in [0.15, 0.2) is 42.5 Å². The molecule has 3 rings (SSSR count). The molecule has 0 saturated carbocycles. The molecular formula is C18H20N4O. The highest BCUT2D eigenvalue weighted by atomic mass is 16.3. The van der Waals surface area contributed by atoms with Gasteiger partial charge in [0, 0.05) is 26.2 Å². The molecule has 1 aliphatic heterocycles. The van der Waals surface area contributed by atoms with Gasteiger partial charge in [-0.1, -0.05) is 30.3 Å². The number of aliphatic hydroxyl groups excluding tert-OH is 1. The predicted molar refractivity (Wildman–Crippen MR) is 88.9 cm³/mol. The molecule has 2 N–H and O–H groups in total. The van der Waals surface area contributed by atoms with E-state index in [1.54, 1.807) is 18.2 Å². The van der Waals surface area contributed by atoms with Gasteiger partial charge in [0.25, 0.3) is 0 Å². The molecule has 0 spiro atoms. The summed E-state index contributed by atoms with van der Waals surface area (Å²) in [5.41, 5.74) is 3.13. The van der Waals surface area contributed by atoms with Gasteiger partial charge in [-0.2, -0.15) is 5.26 Å². The van der Waals surface area contributed by atoms with E-state index in [1.807, 2.05) is 6.07 Å². The smallest absolute Gasteiger partial charge is 0.142 e. The summed E-state index contributed by atoms with van der Waals surface area (Å²) in [7, 11) is 0. The number of hydrogen-bond acceptors (Lipinski definition) is 5. The average Bonchev–Trinajstić information content (AvgIpc) is 2.60. The van der Waals surface area contributed by atoms with E-state index in [1.165, 1.54) is 11.1 Å². The Balaban J connectivity index is 1.50. The molecule has 5 heteroatoms. The van der Waals surface area contributed by atoms with E-state index in [2.05, 4.69) is 39.5 Å². The van der Waals surface area contributed by atoms with Gasteiger partial charge in [-0.15, -0.1) is 0 Å². The molecule has 1 aromatic heterocycles. The Morgan fingerprint density at radius 1 is 1.22 bits per heavy atom. The van der Waals surface area contributed by atoms with Crippen molar-refractivity contribution in [1.29, 1.82) is 5.26 Å². The number of aromatic nitrogens is 1. The van der Waals surface area contributed by atoms with Crippen molar-refractivity contribution in [2.75, 3.05) is 25.0 Å². The molecule has 118 valence electrons. The topological polar surface area (TPSA) is 72.2 Å². The predicted octanol–water partition coefficient (Wildman–Crippen LogP) is 1.78. The number of nitrogens with one attached hydrogen (secondary N) is 1. The molecule has 2 heterocycles. The number of anilines is 1. The van der Waals surface area contributed by atoms with Crippen LogP contribution in [0.4, 0.5) is 5.82 Å². The van der Waals surface area contributed by atoms with Gasteiger partial charge in [0.15, 0.2) is 0 Å². The largest absolute Gasteiger partial charge is 0.390 e. The van der Waals surface area contributed by atoms with Crippen molar-refractivity contribution in [2.45, 2.75) is 19.1 Å². The Kier molecular flexibility index (Phi) is 4.86. The fourth-order valence-corrected chi connectivity index (χ4v) is 2.89. The average molecular weight is 308 g/mol. The van der Waals surface area contributed by atoms with E-state index >= 15 is 0 Å². The van der Waals surface area contributed by atoms with Crippen LogP contribution in [0.5, 0.6) is 0 Å². The highest BCUT2D eigenvalue weighted by Gasteiger charge is 2.18. The van der Waals surface area contributed by atoms with Crippen LogP contribution < -0.4 is 5.32 Å². The number of β-amino-alcohol motifs (C(OH)–C–C–N with tert-alkyl or cyclic N) is 1. The number of nitrogens with zero attached hydrogens (tertiary/aromatic N) is 3. The normalized spacial score (nSPS) is 15.5. The van der Waals surface area contributed by atoms with Crippen molar-refractivity contribution in [3.63, 3.8) is 0 Å². The monoisotopic (exact) mass is 308 g/mol. The second-order valence-corrected chi connectivity index (χ2v) is 5.81. The van der Waals surface area contributed by atoms with Crippen molar-refractivity contribution in [1.82, 2.24) is 9.88 Å². The third-order valence-electron chi connectivity index (χ3n) is 4.06. The Morgan fingerprint density at radius 2 is 2.04 bits per heavy atom. The molecule has 0 bridgehead atoms. The SMILES string of the molecule is N#Cc1cccc(NCC(O)CN2CCc3ccccc3C2)n1. The van der Waals surface area contributed by atoms with Crippen LogP contribution >= 0.6 is 0 Å². The van der Waals surface area contributed by atoms with E-state index in [9.17, 15) is 5.11 Å². The number of benzene rings is 1. The molecule has 1 atom stereocenters. The summed E-state index contributed by atoms with van der Waals surface area (Å²) in [5.74, 6) is 0.618. The molecular weight excluding hydrogens is 288 g/mol. The van der Waals surface area contributed by atoms with Crippen LogP contribution in [0.2, 0.25) is 0 Å². The molecule has 23 heavy (non-hydrogen) atoms. The Hall–Kier alpha value is -2.42. The van der Waals surface area contributed by atoms with Crippen LogP contribution in [0.3, 0.4) is 0 Å². The quantitative estimate of drug-likeness (QED) is 0.881. The van der Waals surface area contributed by atoms with Gasteiger partial charge in [-0.3, -0.25) is 4.90 Å². The van der Waals surface area contributed by atoms with Crippen LogP contribution in [-0.4, -0.2) is 40.7 Å². The van der Waals surface area contributed by atoms with E-state index in [4.69, 9.17) is 5.26 Å². The lowest BCUT2D eigenvalue weighted by molar-refractivity contribution is 0.114. The van der Waals surface area contributed by atoms with Gasteiger partial charge in [0.1, 0.15) is 17.6 Å². The molecule has 2 aromatic rings. The first-order valence-corrected chi connectivity index (χ1v) is 7.83. The minimum atomic E-state index is -0.479. The first-order chi connectivity index (χ1) is 11.2. The van der Waals surface area contributed by atoms with E-state index < -0.39 is 6.10 Å². The molecule has 1 aromatic carbocycles. The van der Waals surface area contributed by atoms with Gasteiger partial charge in [-0.25, -0.2) is 4.98 Å². The molecule has 0 amide bonds. The zero-order valence-corrected chi connectivity index (χ0v) is 12.9. The summed E-state index contributed by atoms with van der Waals surface area (Å²) >= 11 is 0. The third kappa shape index (κ3) is 4.07. The molecule has 5 nitrogen and oxygen atoms in total. The Morgan fingerprint density at radius 3 is 2.87 bits per heavy atom. The first kappa shape index (κ1) is 15.5. The fourth-order valence-electron chi connectivity index (χ4n) is 2.89. The number of hydrogen-bond donors (Lipinski definition) is 2. The van der Waals surface area contributed by atoms with E-state index in [0.717, 1.165) is 19.5 Å². The lowest BCUT2D eigenvalue weighted by Gasteiger charge is -2.30. The van der Waals surface area contributed by atoms with Crippen LogP contribution in [-0.2, 0) is 13.0 Å². The number of pyridine rings is 1. The number of nitriles is 1. The zero-order valence-electron chi connectivity index (χ0n) is 12.9. The summed E-state index contributed by atoms with van der Waals surface area (Å²) in [6, 6.07) is 15.7. The maximum Gasteiger partial charge on any atom is 0.142 e. The lowest BCUT2D eigenvalue weighted by atomic mass is 10.00. The summed E-state index contributed by atoms with van der Waals surface area (Å²) in [6.45, 7) is 2.89. The molecule has 0 radical (unpaired) electrons. The first-order valence-electron chi connectivity index (χ1n) is 7.83. The zero-order chi connectivity index (χ0) is 16.1. The van der Waals surface area contributed by atoms with Gasteiger partial charge >= 0.3 is 0 Å². The summed E-state index contributed by atoms with van der Waals surface area (Å²) in [5, 5.41) is 22.2. The molecule has 1 unspecified atom stereocenters. The maximum absolute atomic E-state index is 10.2. The Labute approximate surface area is 136 Å². The highest BCUT2D eigenvalue weighted by Crippen LogP contribution is 2.18. The molecule has 0 fully saturated rings. The van der Waals surface area contributed by atoms with Gasteiger partial charge in [0.2, 0.25) is 0 Å².